The number of aliphatic hydroxyl groups excluding tert-OH is 1. The van der Waals surface area contributed by atoms with Crippen LogP contribution in [0.15, 0.2) is 16.6 Å². The van der Waals surface area contributed by atoms with Gasteiger partial charge in [0, 0.05) is 11.0 Å². The average molecular weight is 258 g/mol. The van der Waals surface area contributed by atoms with Crippen molar-refractivity contribution < 1.29 is 5.11 Å². The van der Waals surface area contributed by atoms with Crippen molar-refractivity contribution in [3.63, 3.8) is 0 Å². The molecule has 2 N–H and O–H groups in total. The Morgan fingerprint density at radius 3 is 2.64 bits per heavy atom. The Balaban J connectivity index is 3.04. The van der Waals surface area contributed by atoms with Crippen LogP contribution < -0.4 is 5.32 Å². The van der Waals surface area contributed by atoms with E-state index in [4.69, 9.17) is 0 Å². The molecule has 0 radical (unpaired) electrons. The van der Waals surface area contributed by atoms with E-state index in [1.807, 2.05) is 33.0 Å². The van der Waals surface area contributed by atoms with Crippen LogP contribution >= 0.6 is 15.9 Å². The summed E-state index contributed by atoms with van der Waals surface area (Å²) in [5, 5.41) is 12.8. The first-order chi connectivity index (χ1) is 6.57. The third kappa shape index (κ3) is 2.35. The van der Waals surface area contributed by atoms with Gasteiger partial charge < -0.3 is 10.4 Å². The molecule has 0 bridgehead atoms. The van der Waals surface area contributed by atoms with E-state index in [2.05, 4.69) is 21.2 Å². The van der Waals surface area contributed by atoms with Crippen LogP contribution in [0.2, 0.25) is 0 Å². The van der Waals surface area contributed by atoms with Crippen molar-refractivity contribution in [2.45, 2.75) is 20.0 Å². The molecule has 1 rings (SSSR count). The van der Waals surface area contributed by atoms with Crippen molar-refractivity contribution in [2.24, 2.45) is 0 Å². The lowest BCUT2D eigenvalue weighted by Gasteiger charge is -2.15. The number of aliphatic hydroxyl groups is 1. The second-order valence-corrected chi connectivity index (χ2v) is 4.28. The number of hydrogen-bond acceptors (Lipinski definition) is 2. The van der Waals surface area contributed by atoms with Gasteiger partial charge in [-0.2, -0.15) is 0 Å². The predicted molar refractivity (Wildman–Crippen MR) is 62.5 cm³/mol. The van der Waals surface area contributed by atoms with Gasteiger partial charge in [0.2, 0.25) is 0 Å². The molecule has 1 atom stereocenters. The Bertz CT molecular complexity index is 325. The van der Waals surface area contributed by atoms with Gasteiger partial charge in [-0.25, -0.2) is 0 Å². The molecule has 0 saturated heterocycles. The summed E-state index contributed by atoms with van der Waals surface area (Å²) < 4.78 is 1.09. The number of rotatable bonds is 3. The van der Waals surface area contributed by atoms with E-state index in [0.29, 0.717) is 6.54 Å². The summed E-state index contributed by atoms with van der Waals surface area (Å²) in [6, 6.07) is 4.00. The number of halogens is 1. The van der Waals surface area contributed by atoms with Crippen LogP contribution in [0.25, 0.3) is 0 Å². The number of likely N-dealkylation sites (N-methyl/N-ethyl adjacent to an activating group) is 1. The Hall–Kier alpha value is -0.380. The minimum absolute atomic E-state index is 0.433. The normalized spacial score (nSPS) is 12.9. The molecule has 1 aromatic rings. The first kappa shape index (κ1) is 11.7. The van der Waals surface area contributed by atoms with Gasteiger partial charge in [-0.3, -0.25) is 0 Å². The molecule has 1 unspecified atom stereocenters. The monoisotopic (exact) mass is 257 g/mol. The molecular formula is C11H16BrNO. The third-order valence-electron chi connectivity index (χ3n) is 2.38. The molecule has 0 fully saturated rings. The second kappa shape index (κ2) is 4.91. The maximum Gasteiger partial charge on any atom is 0.0917 e. The molecule has 2 nitrogen and oxygen atoms in total. The van der Waals surface area contributed by atoms with Gasteiger partial charge in [-0.05, 0) is 37.6 Å². The lowest BCUT2D eigenvalue weighted by atomic mass is 10.0. The van der Waals surface area contributed by atoms with Crippen LogP contribution in [-0.4, -0.2) is 18.7 Å². The molecule has 14 heavy (non-hydrogen) atoms. The van der Waals surface area contributed by atoms with E-state index >= 15 is 0 Å². The van der Waals surface area contributed by atoms with Crippen molar-refractivity contribution in [3.8, 4) is 0 Å². The van der Waals surface area contributed by atoms with E-state index in [0.717, 1.165) is 15.6 Å². The molecule has 0 aliphatic heterocycles. The van der Waals surface area contributed by atoms with Gasteiger partial charge in [-0.15, -0.1) is 0 Å². The third-order valence-corrected chi connectivity index (χ3v) is 3.60. The van der Waals surface area contributed by atoms with Crippen molar-refractivity contribution in [3.05, 3.63) is 33.3 Å². The molecule has 0 aliphatic rings. The Labute approximate surface area is 93.5 Å². The van der Waals surface area contributed by atoms with Crippen LogP contribution in [0.4, 0.5) is 0 Å². The first-order valence-electron chi connectivity index (χ1n) is 4.66. The minimum atomic E-state index is -0.433. The molecule has 1 aromatic carbocycles. The van der Waals surface area contributed by atoms with Crippen molar-refractivity contribution in [1.82, 2.24) is 5.32 Å². The van der Waals surface area contributed by atoms with Crippen LogP contribution in [0.5, 0.6) is 0 Å². The summed E-state index contributed by atoms with van der Waals surface area (Å²) in [5.41, 5.74) is 3.30. The van der Waals surface area contributed by atoms with E-state index in [1.54, 1.807) is 0 Å². The summed E-state index contributed by atoms with van der Waals surface area (Å²) >= 11 is 3.52. The Kier molecular flexibility index (Phi) is 4.11. The smallest absolute Gasteiger partial charge is 0.0917 e. The maximum atomic E-state index is 9.83. The largest absolute Gasteiger partial charge is 0.387 e. The lowest BCUT2D eigenvalue weighted by Crippen LogP contribution is -2.17. The maximum absolute atomic E-state index is 9.83. The highest BCUT2D eigenvalue weighted by molar-refractivity contribution is 9.10. The van der Waals surface area contributed by atoms with Gasteiger partial charge in [0.1, 0.15) is 0 Å². The average Bonchev–Trinajstić information content (AvgIpc) is 2.15. The van der Waals surface area contributed by atoms with Crippen LogP contribution in [-0.2, 0) is 0 Å². The van der Waals surface area contributed by atoms with E-state index in [1.165, 1.54) is 5.56 Å². The van der Waals surface area contributed by atoms with Gasteiger partial charge >= 0.3 is 0 Å². The molecule has 0 saturated carbocycles. The SMILES string of the molecule is CNCC(O)c1ccc(C)c(Br)c1C. The van der Waals surface area contributed by atoms with Gasteiger partial charge in [0.05, 0.1) is 6.10 Å². The summed E-state index contributed by atoms with van der Waals surface area (Å²) in [6.07, 6.45) is -0.433. The fourth-order valence-electron chi connectivity index (χ4n) is 1.50. The quantitative estimate of drug-likeness (QED) is 0.872. The summed E-state index contributed by atoms with van der Waals surface area (Å²) in [5.74, 6) is 0. The van der Waals surface area contributed by atoms with E-state index in [-0.39, 0.29) is 0 Å². The van der Waals surface area contributed by atoms with Crippen molar-refractivity contribution in [1.29, 1.82) is 0 Å². The van der Waals surface area contributed by atoms with Gasteiger partial charge in [0.15, 0.2) is 0 Å². The van der Waals surface area contributed by atoms with Crippen LogP contribution in [0.3, 0.4) is 0 Å². The van der Waals surface area contributed by atoms with Crippen LogP contribution in [0.1, 0.15) is 22.8 Å². The zero-order valence-corrected chi connectivity index (χ0v) is 10.4. The van der Waals surface area contributed by atoms with E-state index in [9.17, 15) is 5.11 Å². The highest BCUT2D eigenvalue weighted by Crippen LogP contribution is 2.27. The molecule has 0 aliphatic carbocycles. The minimum Gasteiger partial charge on any atom is -0.387 e. The number of aryl methyl sites for hydroxylation is 1. The lowest BCUT2D eigenvalue weighted by molar-refractivity contribution is 0.177. The molecule has 3 heteroatoms. The van der Waals surface area contributed by atoms with Gasteiger partial charge in [0.25, 0.3) is 0 Å². The van der Waals surface area contributed by atoms with E-state index < -0.39 is 6.10 Å². The summed E-state index contributed by atoms with van der Waals surface area (Å²) in [4.78, 5) is 0. The Morgan fingerprint density at radius 2 is 2.07 bits per heavy atom. The highest BCUT2D eigenvalue weighted by atomic mass is 79.9. The topological polar surface area (TPSA) is 32.3 Å². The van der Waals surface area contributed by atoms with Gasteiger partial charge in [-0.1, -0.05) is 28.1 Å². The Morgan fingerprint density at radius 1 is 1.43 bits per heavy atom. The molecule has 0 spiro atoms. The van der Waals surface area contributed by atoms with Crippen LogP contribution in [0, 0.1) is 13.8 Å². The molecule has 0 aromatic heterocycles. The fourth-order valence-corrected chi connectivity index (χ4v) is 1.86. The molecule has 78 valence electrons. The summed E-state index contributed by atoms with van der Waals surface area (Å²) in [6.45, 7) is 4.65. The molecule has 0 heterocycles. The van der Waals surface area contributed by atoms with Crippen molar-refractivity contribution in [2.75, 3.05) is 13.6 Å². The summed E-state index contributed by atoms with van der Waals surface area (Å²) in [7, 11) is 1.84. The molecular weight excluding hydrogens is 242 g/mol. The fraction of sp³-hybridized carbons (Fsp3) is 0.455. The first-order valence-corrected chi connectivity index (χ1v) is 5.45. The number of hydrogen-bond donors (Lipinski definition) is 2. The number of benzene rings is 1. The zero-order chi connectivity index (χ0) is 10.7. The standard InChI is InChI=1S/C11H16BrNO/c1-7-4-5-9(8(2)11(7)12)10(14)6-13-3/h4-5,10,13-14H,6H2,1-3H3. The highest BCUT2D eigenvalue weighted by Gasteiger charge is 2.12. The number of nitrogens with one attached hydrogen (secondary N) is 1. The predicted octanol–water partition coefficient (Wildman–Crippen LogP) is 2.32. The zero-order valence-electron chi connectivity index (χ0n) is 8.76. The molecule has 0 amide bonds. The second-order valence-electron chi connectivity index (χ2n) is 3.48. The van der Waals surface area contributed by atoms with Crippen molar-refractivity contribution >= 4 is 15.9 Å².